The van der Waals surface area contributed by atoms with Crippen LogP contribution in [-0.4, -0.2) is 83.6 Å². The first kappa shape index (κ1) is 36.5. The van der Waals surface area contributed by atoms with Crippen LogP contribution in [0.3, 0.4) is 0 Å². The number of likely N-dealkylation sites (tertiary alicyclic amines) is 1. The summed E-state index contributed by atoms with van der Waals surface area (Å²) in [6.07, 6.45) is 10.6. The molecule has 3 amide bonds. The normalized spacial score (nSPS) is 17.3. The van der Waals surface area contributed by atoms with Crippen molar-refractivity contribution in [1.29, 1.82) is 0 Å². The Hall–Kier alpha value is -4.78. The Morgan fingerprint density at radius 1 is 0.940 bits per heavy atom. The highest BCUT2D eigenvalue weighted by Crippen LogP contribution is 2.46. The van der Waals surface area contributed by atoms with Crippen LogP contribution >= 0.6 is 0 Å². The Morgan fingerprint density at radius 3 is 2.24 bits per heavy atom. The Bertz CT molecular complexity index is 1540. The molecule has 13 heteroatoms. The lowest BCUT2D eigenvalue weighted by Crippen LogP contribution is -2.48. The van der Waals surface area contributed by atoms with Gasteiger partial charge in [0.25, 0.3) is 0 Å². The van der Waals surface area contributed by atoms with E-state index in [9.17, 15) is 18.8 Å². The molecule has 2 aromatic carbocycles. The molecule has 2 aliphatic heterocycles. The average molecular weight is 689 g/mol. The standard InChI is InChI=1S/C21H31N5O2.C16H18FN3O2/c27-18-16-21(6-1-2-7-21)17-19(28)26(18)11-4-3-10-24-12-14-25(15-13-24)20-22-8-5-9-23-20;1-2-22-16(21)20-15-8-7-13(9-14(15)18)19-10-11-3-5-12(17)6-4-11/h5,8-9H,1-4,6-7,10-17H2;3-9,19H,2,10,18H2,1H3,(H,20,21). The maximum Gasteiger partial charge on any atom is 0.411 e. The molecule has 0 bridgehead atoms. The molecular weight excluding hydrogens is 639 g/mol. The Labute approximate surface area is 293 Å². The van der Waals surface area contributed by atoms with Crippen molar-refractivity contribution in [3.8, 4) is 0 Å². The topological polar surface area (TPSA) is 146 Å². The number of halogens is 1. The van der Waals surface area contributed by atoms with E-state index in [4.69, 9.17) is 10.5 Å². The molecule has 1 aromatic heterocycles. The fourth-order valence-electron chi connectivity index (χ4n) is 6.86. The first-order valence-electron chi connectivity index (χ1n) is 17.6. The van der Waals surface area contributed by atoms with Gasteiger partial charge in [-0.25, -0.2) is 19.2 Å². The third kappa shape index (κ3) is 10.4. The highest BCUT2D eigenvalue weighted by molar-refractivity contribution is 5.98. The molecule has 50 heavy (non-hydrogen) atoms. The van der Waals surface area contributed by atoms with Crippen molar-refractivity contribution >= 4 is 40.9 Å². The molecule has 2 saturated heterocycles. The summed E-state index contributed by atoms with van der Waals surface area (Å²) in [5, 5.41) is 5.74. The second-order valence-corrected chi connectivity index (χ2v) is 13.2. The van der Waals surface area contributed by atoms with E-state index in [1.807, 2.05) is 6.07 Å². The summed E-state index contributed by atoms with van der Waals surface area (Å²) in [7, 11) is 0. The van der Waals surface area contributed by atoms with E-state index >= 15 is 0 Å². The molecule has 3 aliphatic rings. The van der Waals surface area contributed by atoms with Crippen molar-refractivity contribution in [3.05, 3.63) is 72.3 Å². The number of carbonyl (C=O) groups excluding carboxylic acids is 3. The zero-order valence-electron chi connectivity index (χ0n) is 28.9. The van der Waals surface area contributed by atoms with Gasteiger partial charge >= 0.3 is 6.09 Å². The van der Waals surface area contributed by atoms with Gasteiger partial charge in [-0.1, -0.05) is 25.0 Å². The monoisotopic (exact) mass is 688 g/mol. The third-order valence-electron chi connectivity index (χ3n) is 9.61. The van der Waals surface area contributed by atoms with E-state index in [1.54, 1.807) is 49.6 Å². The number of nitrogens with one attached hydrogen (secondary N) is 2. The Balaban J connectivity index is 0.000000201. The lowest BCUT2D eigenvalue weighted by Gasteiger charge is -2.37. The third-order valence-corrected chi connectivity index (χ3v) is 9.61. The minimum absolute atomic E-state index is 0.00676. The molecule has 0 unspecified atom stereocenters. The number of nitrogens with two attached hydrogens (primary N) is 1. The molecule has 0 atom stereocenters. The largest absolute Gasteiger partial charge is 0.450 e. The van der Waals surface area contributed by atoms with Gasteiger partial charge in [-0.15, -0.1) is 0 Å². The van der Waals surface area contributed by atoms with Crippen LogP contribution < -0.4 is 21.3 Å². The van der Waals surface area contributed by atoms with Crippen molar-refractivity contribution in [2.24, 2.45) is 5.41 Å². The smallest absolute Gasteiger partial charge is 0.411 e. The lowest BCUT2D eigenvalue weighted by atomic mass is 9.76. The molecule has 0 radical (unpaired) electrons. The zero-order chi connectivity index (χ0) is 35.3. The molecule has 268 valence electrons. The number of nitrogens with zero attached hydrogens (tertiary/aromatic N) is 5. The number of hydrogen-bond acceptors (Lipinski definition) is 10. The number of ether oxygens (including phenoxy) is 1. The second kappa shape index (κ2) is 17.7. The number of nitrogen functional groups attached to an aromatic ring is 1. The van der Waals surface area contributed by atoms with Gasteiger partial charge in [0, 0.05) is 70.2 Å². The molecule has 3 fully saturated rings. The first-order chi connectivity index (χ1) is 24.2. The van der Waals surface area contributed by atoms with Crippen molar-refractivity contribution in [2.75, 3.05) is 67.1 Å². The van der Waals surface area contributed by atoms with E-state index < -0.39 is 6.09 Å². The van der Waals surface area contributed by atoms with Crippen molar-refractivity contribution < 1.29 is 23.5 Å². The van der Waals surface area contributed by atoms with Crippen molar-refractivity contribution in [1.82, 2.24) is 19.8 Å². The van der Waals surface area contributed by atoms with Crippen LogP contribution in [0.2, 0.25) is 0 Å². The summed E-state index contributed by atoms with van der Waals surface area (Å²) >= 11 is 0. The number of benzene rings is 2. The van der Waals surface area contributed by atoms with E-state index in [0.717, 1.165) is 75.6 Å². The Kier molecular flexibility index (Phi) is 13.0. The Morgan fingerprint density at radius 2 is 1.60 bits per heavy atom. The number of hydrogen-bond donors (Lipinski definition) is 3. The van der Waals surface area contributed by atoms with Gasteiger partial charge in [0.05, 0.1) is 18.0 Å². The number of amides is 3. The van der Waals surface area contributed by atoms with Gasteiger partial charge < -0.3 is 20.7 Å². The number of piperazine rings is 1. The van der Waals surface area contributed by atoms with E-state index in [1.165, 1.54) is 29.9 Å². The average Bonchev–Trinajstić information content (AvgIpc) is 3.56. The second-order valence-electron chi connectivity index (χ2n) is 13.2. The number of anilines is 4. The van der Waals surface area contributed by atoms with Crippen LogP contribution in [0, 0.1) is 11.2 Å². The molecular formula is C37H49FN8O4. The van der Waals surface area contributed by atoms with Gasteiger partial charge in [0.15, 0.2) is 0 Å². The number of piperidine rings is 1. The number of rotatable bonds is 11. The van der Waals surface area contributed by atoms with Crippen LogP contribution in [0.25, 0.3) is 0 Å². The van der Waals surface area contributed by atoms with Gasteiger partial charge in [-0.2, -0.15) is 0 Å². The fourth-order valence-corrected chi connectivity index (χ4v) is 6.86. The van der Waals surface area contributed by atoms with Crippen LogP contribution in [0.5, 0.6) is 0 Å². The maximum atomic E-state index is 12.8. The number of imide groups is 1. The molecule has 3 heterocycles. The van der Waals surface area contributed by atoms with E-state index in [2.05, 4.69) is 30.4 Å². The number of carbonyl (C=O) groups is 3. The zero-order valence-corrected chi connectivity index (χ0v) is 28.9. The summed E-state index contributed by atoms with van der Waals surface area (Å²) < 4.78 is 17.6. The van der Waals surface area contributed by atoms with Gasteiger partial charge in [-0.3, -0.25) is 24.7 Å². The van der Waals surface area contributed by atoms with Crippen LogP contribution in [-0.2, 0) is 20.9 Å². The summed E-state index contributed by atoms with van der Waals surface area (Å²) in [6, 6.07) is 13.3. The first-order valence-corrected chi connectivity index (χ1v) is 17.6. The molecule has 1 saturated carbocycles. The number of unbranched alkanes of at least 4 members (excludes halogenated alkanes) is 1. The molecule has 6 rings (SSSR count). The van der Waals surface area contributed by atoms with Crippen molar-refractivity contribution in [3.63, 3.8) is 0 Å². The predicted octanol–water partition coefficient (Wildman–Crippen LogP) is 5.68. The maximum absolute atomic E-state index is 12.8. The number of aromatic nitrogens is 2. The quantitative estimate of drug-likeness (QED) is 0.131. The predicted molar refractivity (Wildman–Crippen MR) is 192 cm³/mol. The van der Waals surface area contributed by atoms with Crippen LogP contribution in [0.15, 0.2) is 60.9 Å². The van der Waals surface area contributed by atoms with E-state index in [0.29, 0.717) is 43.9 Å². The fraction of sp³-hybridized carbons (Fsp3) is 0.486. The molecule has 1 spiro atoms. The van der Waals surface area contributed by atoms with Gasteiger partial charge in [0.2, 0.25) is 17.8 Å². The van der Waals surface area contributed by atoms with Crippen LogP contribution in [0.4, 0.5) is 32.2 Å². The molecule has 1 aliphatic carbocycles. The summed E-state index contributed by atoms with van der Waals surface area (Å²) in [6.45, 7) is 8.06. The van der Waals surface area contributed by atoms with Crippen LogP contribution in [0.1, 0.15) is 63.9 Å². The molecule has 12 nitrogen and oxygen atoms in total. The van der Waals surface area contributed by atoms with Gasteiger partial charge in [-0.05, 0) is 86.5 Å². The summed E-state index contributed by atoms with van der Waals surface area (Å²) in [4.78, 5) is 51.2. The summed E-state index contributed by atoms with van der Waals surface area (Å²) in [5.74, 6) is 0.677. The highest BCUT2D eigenvalue weighted by atomic mass is 19.1. The SMILES string of the molecule is CCOC(=O)Nc1ccc(NCc2ccc(F)cc2)cc1N.O=C1CC2(CCCC2)CC(=O)N1CCCCN1CCN(c2ncccn2)CC1. The lowest BCUT2D eigenvalue weighted by molar-refractivity contribution is -0.153. The minimum atomic E-state index is -0.541. The molecule has 3 aromatic rings. The van der Waals surface area contributed by atoms with Crippen molar-refractivity contribution in [2.45, 2.75) is 64.8 Å². The highest BCUT2D eigenvalue weighted by Gasteiger charge is 2.44. The minimum Gasteiger partial charge on any atom is -0.450 e. The van der Waals surface area contributed by atoms with E-state index in [-0.39, 0.29) is 23.0 Å². The molecule has 4 N–H and O–H groups in total. The summed E-state index contributed by atoms with van der Waals surface area (Å²) in [5.41, 5.74) is 8.58. The van der Waals surface area contributed by atoms with Gasteiger partial charge in [0.1, 0.15) is 5.82 Å².